The minimum absolute atomic E-state index is 0.122. The first-order chi connectivity index (χ1) is 17.2. The zero-order valence-corrected chi connectivity index (χ0v) is 20.5. The van der Waals surface area contributed by atoms with Crippen LogP contribution in [0.3, 0.4) is 0 Å². The van der Waals surface area contributed by atoms with Crippen LogP contribution < -0.4 is 15.6 Å². The van der Waals surface area contributed by atoms with Crippen LogP contribution >= 0.6 is 0 Å². The normalized spacial score (nSPS) is 15.3. The highest BCUT2D eigenvalue weighted by atomic mass is 19.4. The quantitative estimate of drug-likeness (QED) is 0.501. The molecule has 37 heavy (non-hydrogen) atoms. The van der Waals surface area contributed by atoms with Crippen LogP contribution in [0.2, 0.25) is 0 Å². The number of aryl methyl sites for hydroxylation is 1. The standard InChI is InChI=1S/C26H25F3N2O6/c1-13-9-16-21-17(10-13)36-18(14-5-7-15(8-6-14)26(27,28)29)12-31(21)24(35)20(22(16)33)23(34)30-11-19(32)37-25(2,3)4/h5-10,18,33H,11-12H2,1-4H3,(H,30,34). The second-order valence-electron chi connectivity index (χ2n) is 9.79. The Hall–Kier alpha value is -4.02. The molecule has 0 saturated heterocycles. The number of esters is 1. The molecule has 3 aromatic rings. The summed E-state index contributed by atoms with van der Waals surface area (Å²) in [5, 5.41) is 13.4. The van der Waals surface area contributed by atoms with Gasteiger partial charge in [0.05, 0.1) is 17.6 Å². The number of aromatic hydroxyl groups is 1. The van der Waals surface area contributed by atoms with Gasteiger partial charge < -0.3 is 19.9 Å². The third-order valence-corrected chi connectivity index (χ3v) is 5.71. The zero-order chi connectivity index (χ0) is 27.3. The van der Waals surface area contributed by atoms with E-state index < -0.39 is 58.7 Å². The largest absolute Gasteiger partial charge is 0.506 e. The molecule has 196 valence electrons. The molecule has 1 aliphatic rings. The van der Waals surface area contributed by atoms with Crippen molar-refractivity contribution in [2.45, 2.75) is 52.1 Å². The van der Waals surface area contributed by atoms with Gasteiger partial charge in [0, 0.05) is 5.39 Å². The third-order valence-electron chi connectivity index (χ3n) is 5.71. The molecule has 0 bridgehead atoms. The van der Waals surface area contributed by atoms with Crippen LogP contribution in [-0.2, 0) is 22.3 Å². The van der Waals surface area contributed by atoms with E-state index in [1.165, 1.54) is 16.7 Å². The summed E-state index contributed by atoms with van der Waals surface area (Å²) >= 11 is 0. The average Bonchev–Trinajstić information content (AvgIpc) is 2.79. The summed E-state index contributed by atoms with van der Waals surface area (Å²) in [4.78, 5) is 38.3. The molecule has 2 N–H and O–H groups in total. The monoisotopic (exact) mass is 518 g/mol. The molecule has 0 spiro atoms. The molecule has 4 rings (SSSR count). The van der Waals surface area contributed by atoms with Gasteiger partial charge in [-0.15, -0.1) is 0 Å². The molecular weight excluding hydrogens is 493 g/mol. The van der Waals surface area contributed by atoms with Crippen LogP contribution in [0.1, 0.15) is 53.9 Å². The molecule has 1 atom stereocenters. The summed E-state index contributed by atoms with van der Waals surface area (Å²) in [7, 11) is 0. The number of aromatic nitrogens is 1. The van der Waals surface area contributed by atoms with E-state index in [9.17, 15) is 32.7 Å². The lowest BCUT2D eigenvalue weighted by Crippen LogP contribution is -2.39. The topological polar surface area (TPSA) is 107 Å². The van der Waals surface area contributed by atoms with Crippen molar-refractivity contribution >= 4 is 22.8 Å². The van der Waals surface area contributed by atoms with Crippen molar-refractivity contribution in [2.24, 2.45) is 0 Å². The third kappa shape index (κ3) is 5.25. The lowest BCUT2D eigenvalue weighted by atomic mass is 10.0. The van der Waals surface area contributed by atoms with E-state index in [0.29, 0.717) is 11.1 Å². The highest BCUT2D eigenvalue weighted by molar-refractivity contribution is 6.04. The molecule has 0 saturated carbocycles. The Morgan fingerprint density at radius 3 is 2.41 bits per heavy atom. The van der Waals surface area contributed by atoms with Crippen LogP contribution in [0.5, 0.6) is 11.5 Å². The fourth-order valence-electron chi connectivity index (χ4n) is 4.18. The molecule has 1 amide bonds. The second kappa shape index (κ2) is 9.13. The summed E-state index contributed by atoms with van der Waals surface area (Å²) in [6.07, 6.45) is -5.34. The van der Waals surface area contributed by atoms with Gasteiger partial charge in [-0.1, -0.05) is 12.1 Å². The van der Waals surface area contributed by atoms with Gasteiger partial charge >= 0.3 is 12.1 Å². The number of pyridine rings is 1. The van der Waals surface area contributed by atoms with Crippen LogP contribution in [-0.4, -0.2) is 33.7 Å². The van der Waals surface area contributed by atoms with Gasteiger partial charge in [-0.05, 0) is 63.1 Å². The number of nitrogens with zero attached hydrogens (tertiary/aromatic N) is 1. The minimum atomic E-state index is -4.50. The number of hydrogen-bond acceptors (Lipinski definition) is 6. The van der Waals surface area contributed by atoms with Crippen molar-refractivity contribution in [3.63, 3.8) is 0 Å². The fraction of sp³-hybridized carbons (Fsp3) is 0.346. The number of alkyl halides is 3. The molecule has 11 heteroatoms. The maximum Gasteiger partial charge on any atom is 0.416 e. The molecule has 2 aromatic carbocycles. The average molecular weight is 518 g/mol. The van der Waals surface area contributed by atoms with Crippen molar-refractivity contribution in [3.05, 3.63) is 69.0 Å². The Morgan fingerprint density at radius 2 is 1.81 bits per heavy atom. The number of rotatable bonds is 4. The first-order valence-electron chi connectivity index (χ1n) is 11.4. The predicted octanol–water partition coefficient (Wildman–Crippen LogP) is 4.24. The summed E-state index contributed by atoms with van der Waals surface area (Å²) < 4.78 is 51.4. The van der Waals surface area contributed by atoms with E-state index >= 15 is 0 Å². The van der Waals surface area contributed by atoms with Crippen molar-refractivity contribution in [1.82, 2.24) is 9.88 Å². The van der Waals surface area contributed by atoms with Crippen LogP contribution in [0.4, 0.5) is 13.2 Å². The summed E-state index contributed by atoms with van der Waals surface area (Å²) in [5.74, 6) is -2.03. The maximum atomic E-state index is 13.4. The van der Waals surface area contributed by atoms with E-state index in [4.69, 9.17) is 9.47 Å². The van der Waals surface area contributed by atoms with Crippen LogP contribution in [0, 0.1) is 6.92 Å². The van der Waals surface area contributed by atoms with Gasteiger partial charge in [-0.2, -0.15) is 13.2 Å². The number of amides is 1. The van der Waals surface area contributed by atoms with Crippen molar-refractivity contribution in [1.29, 1.82) is 0 Å². The van der Waals surface area contributed by atoms with E-state index in [1.54, 1.807) is 39.8 Å². The van der Waals surface area contributed by atoms with Crippen molar-refractivity contribution in [2.75, 3.05) is 6.54 Å². The van der Waals surface area contributed by atoms with Crippen molar-refractivity contribution in [3.8, 4) is 11.5 Å². The van der Waals surface area contributed by atoms with Gasteiger partial charge in [-0.3, -0.25) is 19.0 Å². The van der Waals surface area contributed by atoms with Gasteiger partial charge in [0.2, 0.25) is 0 Å². The predicted molar refractivity (Wildman–Crippen MR) is 128 cm³/mol. The van der Waals surface area contributed by atoms with Gasteiger partial charge in [0.1, 0.15) is 35.3 Å². The van der Waals surface area contributed by atoms with Gasteiger partial charge in [0.25, 0.3) is 11.5 Å². The summed E-state index contributed by atoms with van der Waals surface area (Å²) in [5.41, 5.74) is -1.72. The fourth-order valence-corrected chi connectivity index (χ4v) is 4.18. The first-order valence-corrected chi connectivity index (χ1v) is 11.4. The summed E-state index contributed by atoms with van der Waals surface area (Å²) in [6, 6.07) is 7.61. The highest BCUT2D eigenvalue weighted by Crippen LogP contribution is 2.40. The molecule has 0 aliphatic carbocycles. The number of hydrogen-bond donors (Lipinski definition) is 2. The number of carbonyl (C=O) groups excluding carboxylic acids is 2. The van der Waals surface area contributed by atoms with E-state index in [0.717, 1.165) is 12.1 Å². The molecule has 8 nitrogen and oxygen atoms in total. The number of benzene rings is 2. The van der Waals surface area contributed by atoms with E-state index in [-0.39, 0.29) is 23.2 Å². The molecule has 0 radical (unpaired) electrons. The number of ether oxygens (including phenoxy) is 2. The SMILES string of the molecule is Cc1cc2c3c(c1)c(O)c(C(=O)NCC(=O)OC(C)(C)C)c(=O)n3CC(c1ccc(C(F)(F)F)cc1)O2. The van der Waals surface area contributed by atoms with E-state index in [2.05, 4.69) is 5.32 Å². The molecule has 2 heterocycles. The Bertz CT molecular complexity index is 1450. The lowest BCUT2D eigenvalue weighted by Gasteiger charge is -2.29. The smallest absolute Gasteiger partial charge is 0.416 e. The lowest BCUT2D eigenvalue weighted by molar-refractivity contribution is -0.153. The number of halogens is 3. The number of carbonyl (C=O) groups is 2. The zero-order valence-electron chi connectivity index (χ0n) is 20.5. The molecule has 0 fully saturated rings. The van der Waals surface area contributed by atoms with Gasteiger partial charge in [0.15, 0.2) is 0 Å². The first kappa shape index (κ1) is 26.1. The Balaban J connectivity index is 1.73. The number of nitrogens with one attached hydrogen (secondary N) is 1. The van der Waals surface area contributed by atoms with Gasteiger partial charge in [-0.25, -0.2) is 0 Å². The Kier molecular flexibility index (Phi) is 6.43. The molecule has 1 unspecified atom stereocenters. The summed E-state index contributed by atoms with van der Waals surface area (Å²) in [6.45, 7) is 6.06. The minimum Gasteiger partial charge on any atom is -0.506 e. The second-order valence-corrected chi connectivity index (χ2v) is 9.79. The van der Waals surface area contributed by atoms with Crippen LogP contribution in [0.25, 0.3) is 10.9 Å². The maximum absolute atomic E-state index is 13.4. The van der Waals surface area contributed by atoms with E-state index in [1.807, 2.05) is 0 Å². The highest BCUT2D eigenvalue weighted by Gasteiger charge is 2.33. The van der Waals surface area contributed by atoms with Crippen LogP contribution in [0.15, 0.2) is 41.2 Å². The molecule has 1 aromatic heterocycles. The Labute approximate surface area is 209 Å². The Morgan fingerprint density at radius 1 is 1.16 bits per heavy atom. The molecule has 1 aliphatic heterocycles. The van der Waals surface area contributed by atoms with Crippen molar-refractivity contribution < 1.29 is 37.3 Å². The molecular formula is C26H25F3N2O6.